The highest BCUT2D eigenvalue weighted by Gasteiger charge is 2.14. The van der Waals surface area contributed by atoms with Crippen LogP contribution >= 0.6 is 0 Å². The zero-order valence-electron chi connectivity index (χ0n) is 12.7. The van der Waals surface area contributed by atoms with E-state index in [9.17, 15) is 8.42 Å². The molecule has 1 N–H and O–H groups in total. The average molecular weight is 339 g/mol. The van der Waals surface area contributed by atoms with Crippen LogP contribution < -0.4 is 0 Å². The molecule has 0 unspecified atom stereocenters. The van der Waals surface area contributed by atoms with Gasteiger partial charge in [0.25, 0.3) is 5.89 Å². The van der Waals surface area contributed by atoms with Crippen molar-refractivity contribution in [3.8, 4) is 22.8 Å². The van der Waals surface area contributed by atoms with Crippen molar-refractivity contribution in [2.75, 3.05) is 6.26 Å². The fourth-order valence-corrected chi connectivity index (χ4v) is 3.20. The summed E-state index contributed by atoms with van der Waals surface area (Å²) in [6, 6.07) is 14.2. The Hall–Kier alpha value is -2.93. The third-order valence-corrected chi connectivity index (χ3v) is 4.92. The van der Waals surface area contributed by atoms with Gasteiger partial charge in [0.05, 0.1) is 4.90 Å². The maximum absolute atomic E-state index is 11.5. The molecule has 7 heteroatoms. The number of rotatable bonds is 3. The summed E-state index contributed by atoms with van der Waals surface area (Å²) < 4.78 is 28.4. The van der Waals surface area contributed by atoms with Crippen molar-refractivity contribution in [2.45, 2.75) is 4.90 Å². The number of nitrogens with one attached hydrogen (secondary N) is 1. The van der Waals surface area contributed by atoms with Gasteiger partial charge in [-0.3, -0.25) is 0 Å². The molecule has 2 aromatic carbocycles. The lowest BCUT2D eigenvalue weighted by atomic mass is 10.1. The van der Waals surface area contributed by atoms with E-state index in [0.717, 1.165) is 16.5 Å². The minimum absolute atomic E-state index is 0.257. The average Bonchev–Trinajstić information content (AvgIpc) is 3.23. The maximum Gasteiger partial charge on any atom is 0.258 e. The van der Waals surface area contributed by atoms with E-state index in [2.05, 4.69) is 15.1 Å². The van der Waals surface area contributed by atoms with Crippen molar-refractivity contribution in [3.63, 3.8) is 0 Å². The van der Waals surface area contributed by atoms with E-state index in [1.807, 2.05) is 30.5 Å². The van der Waals surface area contributed by atoms with Crippen LogP contribution in [-0.4, -0.2) is 29.8 Å². The number of fused-ring (bicyclic) bond motifs is 1. The normalized spacial score (nSPS) is 11.9. The molecule has 0 atom stereocenters. The van der Waals surface area contributed by atoms with Crippen molar-refractivity contribution in [3.05, 3.63) is 54.7 Å². The molecule has 4 aromatic rings. The molecule has 2 aromatic heterocycles. The highest BCUT2D eigenvalue weighted by atomic mass is 32.2. The number of nitrogens with zero attached hydrogens (tertiary/aromatic N) is 2. The molecule has 0 bridgehead atoms. The van der Waals surface area contributed by atoms with Crippen LogP contribution in [0, 0.1) is 0 Å². The summed E-state index contributed by atoms with van der Waals surface area (Å²) in [7, 11) is -3.23. The van der Waals surface area contributed by atoms with Crippen LogP contribution in [0.1, 0.15) is 0 Å². The van der Waals surface area contributed by atoms with Crippen LogP contribution in [0.2, 0.25) is 0 Å². The quantitative estimate of drug-likeness (QED) is 0.619. The molecule has 0 fully saturated rings. The summed E-state index contributed by atoms with van der Waals surface area (Å²) >= 11 is 0. The number of H-pyrrole nitrogens is 1. The molecule has 0 amide bonds. The Balaban J connectivity index is 1.74. The molecular weight excluding hydrogens is 326 g/mol. The summed E-state index contributed by atoms with van der Waals surface area (Å²) in [5.74, 6) is 0.833. The highest BCUT2D eigenvalue weighted by molar-refractivity contribution is 7.90. The Bertz CT molecular complexity index is 1130. The van der Waals surface area contributed by atoms with Crippen molar-refractivity contribution in [1.29, 1.82) is 0 Å². The minimum Gasteiger partial charge on any atom is -0.361 e. The fourth-order valence-electron chi connectivity index (χ4n) is 2.57. The first-order valence-corrected chi connectivity index (χ1v) is 9.12. The molecule has 0 aliphatic rings. The lowest BCUT2D eigenvalue weighted by Crippen LogP contribution is -1.96. The Morgan fingerprint density at radius 1 is 1.04 bits per heavy atom. The van der Waals surface area contributed by atoms with E-state index in [0.29, 0.717) is 17.3 Å². The largest absolute Gasteiger partial charge is 0.361 e. The molecule has 0 saturated heterocycles. The number of hydrogen-bond acceptors (Lipinski definition) is 5. The predicted octanol–water partition coefficient (Wildman–Crippen LogP) is 3.29. The van der Waals surface area contributed by atoms with Gasteiger partial charge < -0.3 is 9.51 Å². The van der Waals surface area contributed by atoms with Gasteiger partial charge in [-0.2, -0.15) is 4.98 Å². The molecule has 0 saturated carbocycles. The second-order valence-corrected chi connectivity index (χ2v) is 7.48. The smallest absolute Gasteiger partial charge is 0.258 e. The monoisotopic (exact) mass is 339 g/mol. The SMILES string of the molecule is CS(=O)(=O)c1ccc(-c2noc(-c3cccc4[nH]ccc34)n2)cc1. The predicted molar refractivity (Wildman–Crippen MR) is 90.1 cm³/mol. The van der Waals surface area contributed by atoms with Crippen LogP contribution in [0.25, 0.3) is 33.7 Å². The van der Waals surface area contributed by atoms with Gasteiger partial charge in [-0.25, -0.2) is 8.42 Å². The Kier molecular flexibility index (Phi) is 3.24. The van der Waals surface area contributed by atoms with E-state index in [1.165, 1.54) is 18.4 Å². The first-order chi connectivity index (χ1) is 11.5. The highest BCUT2D eigenvalue weighted by Crippen LogP contribution is 2.28. The van der Waals surface area contributed by atoms with Gasteiger partial charge in [-0.1, -0.05) is 11.2 Å². The zero-order valence-corrected chi connectivity index (χ0v) is 13.5. The number of sulfone groups is 1. The van der Waals surface area contributed by atoms with Crippen LogP contribution in [-0.2, 0) is 9.84 Å². The number of aromatic amines is 1. The van der Waals surface area contributed by atoms with E-state index in [1.54, 1.807) is 12.1 Å². The number of benzene rings is 2. The minimum atomic E-state index is -3.23. The molecule has 0 aliphatic carbocycles. The molecule has 24 heavy (non-hydrogen) atoms. The third kappa shape index (κ3) is 2.48. The summed E-state index contributed by atoms with van der Waals surface area (Å²) in [4.78, 5) is 7.83. The van der Waals surface area contributed by atoms with Gasteiger partial charge >= 0.3 is 0 Å². The standard InChI is InChI=1S/C17H13N3O3S/c1-24(21,22)12-7-5-11(6-8-12)16-19-17(23-20-16)14-3-2-4-15-13(14)9-10-18-15/h2-10,18H,1H3. The van der Waals surface area contributed by atoms with Gasteiger partial charge in [-0.15, -0.1) is 0 Å². The molecule has 0 radical (unpaired) electrons. The zero-order chi connectivity index (χ0) is 16.7. The second-order valence-electron chi connectivity index (χ2n) is 5.46. The van der Waals surface area contributed by atoms with Gasteiger partial charge in [0.1, 0.15) is 0 Å². The number of aromatic nitrogens is 3. The molecule has 0 aliphatic heterocycles. The van der Waals surface area contributed by atoms with Crippen LogP contribution in [0.4, 0.5) is 0 Å². The Morgan fingerprint density at radius 3 is 2.58 bits per heavy atom. The van der Waals surface area contributed by atoms with E-state index in [-0.39, 0.29) is 4.90 Å². The molecule has 6 nitrogen and oxygen atoms in total. The molecule has 0 spiro atoms. The third-order valence-electron chi connectivity index (χ3n) is 3.79. The Morgan fingerprint density at radius 2 is 1.83 bits per heavy atom. The lowest BCUT2D eigenvalue weighted by molar-refractivity contribution is 0.432. The summed E-state index contributed by atoms with van der Waals surface area (Å²) in [5, 5.41) is 5.00. The fraction of sp³-hybridized carbons (Fsp3) is 0.0588. The van der Waals surface area contributed by atoms with Crippen LogP contribution in [0.3, 0.4) is 0 Å². The van der Waals surface area contributed by atoms with Crippen molar-refractivity contribution in [2.24, 2.45) is 0 Å². The van der Waals surface area contributed by atoms with Crippen molar-refractivity contribution >= 4 is 20.7 Å². The van der Waals surface area contributed by atoms with Gasteiger partial charge in [0.2, 0.25) is 5.82 Å². The molecule has 2 heterocycles. The lowest BCUT2D eigenvalue weighted by Gasteiger charge is -1.99. The first kappa shape index (κ1) is 14.6. The molecule has 120 valence electrons. The molecule has 4 rings (SSSR count). The van der Waals surface area contributed by atoms with Gasteiger partial charge in [0.15, 0.2) is 9.84 Å². The van der Waals surface area contributed by atoms with E-state index in [4.69, 9.17) is 4.52 Å². The van der Waals surface area contributed by atoms with Crippen molar-refractivity contribution < 1.29 is 12.9 Å². The molecular formula is C17H13N3O3S. The number of hydrogen-bond donors (Lipinski definition) is 1. The van der Waals surface area contributed by atoms with Crippen molar-refractivity contribution in [1.82, 2.24) is 15.1 Å². The van der Waals surface area contributed by atoms with Gasteiger partial charge in [-0.05, 0) is 42.5 Å². The maximum atomic E-state index is 11.5. The second kappa shape index (κ2) is 5.31. The topological polar surface area (TPSA) is 88.9 Å². The van der Waals surface area contributed by atoms with E-state index >= 15 is 0 Å². The van der Waals surface area contributed by atoms with Crippen LogP contribution in [0.5, 0.6) is 0 Å². The van der Waals surface area contributed by atoms with Gasteiger partial charge in [0, 0.05) is 34.5 Å². The summed E-state index contributed by atoms with van der Waals surface area (Å²) in [6.07, 6.45) is 3.03. The van der Waals surface area contributed by atoms with E-state index < -0.39 is 9.84 Å². The summed E-state index contributed by atoms with van der Waals surface area (Å²) in [5.41, 5.74) is 2.53. The first-order valence-electron chi connectivity index (χ1n) is 7.23. The van der Waals surface area contributed by atoms with Crippen LogP contribution in [0.15, 0.2) is 64.1 Å². The Labute approximate surface area is 138 Å². The summed E-state index contributed by atoms with van der Waals surface area (Å²) in [6.45, 7) is 0.